The number of hydrogen-bond donors (Lipinski definition) is 0. The summed E-state index contributed by atoms with van der Waals surface area (Å²) in [6, 6.07) is 24.8. The highest BCUT2D eigenvalue weighted by atomic mass is 16.5. The van der Waals surface area contributed by atoms with E-state index < -0.39 is 0 Å². The van der Waals surface area contributed by atoms with Crippen LogP contribution in [0.25, 0.3) is 22.4 Å². The second kappa shape index (κ2) is 7.16. The van der Waals surface area contributed by atoms with Gasteiger partial charge in [-0.3, -0.25) is 0 Å². The van der Waals surface area contributed by atoms with Crippen molar-refractivity contribution in [2.24, 2.45) is 0 Å². The summed E-state index contributed by atoms with van der Waals surface area (Å²) in [6.07, 6.45) is 0. The number of imidazole rings is 1. The zero-order valence-corrected chi connectivity index (χ0v) is 15.7. The average molecular weight is 358 g/mol. The molecule has 3 aromatic carbocycles. The lowest BCUT2D eigenvalue weighted by Crippen LogP contribution is -2.08. The minimum atomic E-state index is 0.140. The summed E-state index contributed by atoms with van der Waals surface area (Å²) >= 11 is 0. The van der Waals surface area contributed by atoms with Gasteiger partial charge in [0.05, 0.1) is 31.3 Å². The first kappa shape index (κ1) is 17.2. The molecule has 0 bridgehead atoms. The second-order valence-electron chi connectivity index (χ2n) is 6.45. The Labute approximate surface area is 159 Å². The summed E-state index contributed by atoms with van der Waals surface area (Å²) in [6.45, 7) is 2.20. The highest BCUT2D eigenvalue weighted by Crippen LogP contribution is 2.35. The molecule has 4 nitrogen and oxygen atoms in total. The standard InChI is InChI=1S/C23H22N2O2/c1-16(17-9-5-4-6-10-17)25-20-12-8-7-11-19(20)24-23(25)18-13-14-21(26-2)22(15-18)27-3/h4-16H,1-3H3. The largest absolute Gasteiger partial charge is 0.493 e. The molecule has 0 aliphatic heterocycles. The SMILES string of the molecule is COc1ccc(-c2nc3ccccc3n2C(C)c2ccccc2)cc1OC. The number of rotatable bonds is 5. The van der Waals surface area contributed by atoms with Crippen molar-refractivity contribution in [1.29, 1.82) is 0 Å². The van der Waals surface area contributed by atoms with Crippen LogP contribution < -0.4 is 9.47 Å². The van der Waals surface area contributed by atoms with Crippen LogP contribution in [-0.4, -0.2) is 23.8 Å². The van der Waals surface area contributed by atoms with E-state index in [2.05, 4.69) is 47.9 Å². The van der Waals surface area contributed by atoms with Crippen LogP contribution >= 0.6 is 0 Å². The number of benzene rings is 3. The Morgan fingerprint density at radius 2 is 1.52 bits per heavy atom. The van der Waals surface area contributed by atoms with Gasteiger partial charge in [-0.2, -0.15) is 0 Å². The number of para-hydroxylation sites is 2. The van der Waals surface area contributed by atoms with Gasteiger partial charge in [-0.1, -0.05) is 42.5 Å². The lowest BCUT2D eigenvalue weighted by Gasteiger charge is -2.19. The number of hydrogen-bond acceptors (Lipinski definition) is 3. The summed E-state index contributed by atoms with van der Waals surface area (Å²) in [5, 5.41) is 0. The molecular formula is C23H22N2O2. The van der Waals surface area contributed by atoms with Crippen molar-refractivity contribution < 1.29 is 9.47 Å². The molecule has 0 amide bonds. The van der Waals surface area contributed by atoms with E-state index in [1.165, 1.54) is 5.56 Å². The maximum atomic E-state index is 5.50. The van der Waals surface area contributed by atoms with E-state index in [-0.39, 0.29) is 6.04 Å². The van der Waals surface area contributed by atoms with Crippen LogP contribution in [-0.2, 0) is 0 Å². The molecule has 0 aliphatic carbocycles. The fraction of sp³-hybridized carbons (Fsp3) is 0.174. The molecule has 0 N–H and O–H groups in total. The first-order valence-corrected chi connectivity index (χ1v) is 8.97. The number of aromatic nitrogens is 2. The fourth-order valence-electron chi connectivity index (χ4n) is 3.50. The Hall–Kier alpha value is -3.27. The third kappa shape index (κ3) is 3.04. The van der Waals surface area contributed by atoms with E-state index in [0.29, 0.717) is 11.5 Å². The smallest absolute Gasteiger partial charge is 0.161 e. The normalized spacial score (nSPS) is 12.1. The van der Waals surface area contributed by atoms with E-state index in [0.717, 1.165) is 22.4 Å². The van der Waals surface area contributed by atoms with Crippen LogP contribution in [0.4, 0.5) is 0 Å². The van der Waals surface area contributed by atoms with Crippen LogP contribution in [0.15, 0.2) is 72.8 Å². The first-order valence-electron chi connectivity index (χ1n) is 8.97. The third-order valence-corrected chi connectivity index (χ3v) is 4.91. The Morgan fingerprint density at radius 1 is 0.815 bits per heavy atom. The summed E-state index contributed by atoms with van der Waals surface area (Å²) in [4.78, 5) is 4.93. The van der Waals surface area contributed by atoms with Crippen LogP contribution in [0.1, 0.15) is 18.5 Å². The van der Waals surface area contributed by atoms with Gasteiger partial charge < -0.3 is 14.0 Å². The van der Waals surface area contributed by atoms with E-state index in [9.17, 15) is 0 Å². The van der Waals surface area contributed by atoms with E-state index in [1.54, 1.807) is 14.2 Å². The highest BCUT2D eigenvalue weighted by Gasteiger charge is 2.19. The average Bonchev–Trinajstić information content (AvgIpc) is 3.12. The van der Waals surface area contributed by atoms with Gasteiger partial charge in [0.2, 0.25) is 0 Å². The molecule has 0 fully saturated rings. The number of fused-ring (bicyclic) bond motifs is 1. The van der Waals surface area contributed by atoms with E-state index >= 15 is 0 Å². The van der Waals surface area contributed by atoms with Crippen molar-refractivity contribution in [1.82, 2.24) is 9.55 Å². The molecule has 1 unspecified atom stereocenters. The fourth-order valence-corrected chi connectivity index (χ4v) is 3.50. The van der Waals surface area contributed by atoms with Gasteiger partial charge in [0.25, 0.3) is 0 Å². The molecule has 0 spiro atoms. The van der Waals surface area contributed by atoms with Gasteiger partial charge in [-0.25, -0.2) is 4.98 Å². The number of ether oxygens (including phenoxy) is 2. The predicted molar refractivity (Wildman–Crippen MR) is 109 cm³/mol. The lowest BCUT2D eigenvalue weighted by molar-refractivity contribution is 0.355. The molecule has 0 saturated carbocycles. The monoisotopic (exact) mass is 358 g/mol. The maximum Gasteiger partial charge on any atom is 0.161 e. The molecule has 27 heavy (non-hydrogen) atoms. The Balaban J connectivity index is 1.93. The van der Waals surface area contributed by atoms with Gasteiger partial charge in [0.1, 0.15) is 5.82 Å². The Morgan fingerprint density at radius 3 is 2.26 bits per heavy atom. The Bertz CT molecular complexity index is 1070. The topological polar surface area (TPSA) is 36.3 Å². The van der Waals surface area contributed by atoms with Crippen LogP contribution in [0.5, 0.6) is 11.5 Å². The van der Waals surface area contributed by atoms with Gasteiger partial charge >= 0.3 is 0 Å². The summed E-state index contributed by atoms with van der Waals surface area (Å²) in [5.41, 5.74) is 4.32. The van der Waals surface area contributed by atoms with Crippen LogP contribution in [0.2, 0.25) is 0 Å². The quantitative estimate of drug-likeness (QED) is 0.484. The maximum absolute atomic E-state index is 5.50. The second-order valence-corrected chi connectivity index (χ2v) is 6.45. The molecule has 0 saturated heterocycles. The molecule has 4 rings (SSSR count). The van der Waals surface area contributed by atoms with E-state index in [1.807, 2.05) is 36.4 Å². The molecule has 1 atom stereocenters. The molecule has 0 radical (unpaired) electrons. The lowest BCUT2D eigenvalue weighted by atomic mass is 10.1. The van der Waals surface area contributed by atoms with Crippen molar-refractivity contribution in [2.45, 2.75) is 13.0 Å². The summed E-state index contributed by atoms with van der Waals surface area (Å²) in [5.74, 6) is 2.31. The van der Waals surface area contributed by atoms with Gasteiger partial charge in [-0.05, 0) is 42.8 Å². The van der Waals surface area contributed by atoms with Crippen molar-refractivity contribution in [3.63, 3.8) is 0 Å². The van der Waals surface area contributed by atoms with Crippen molar-refractivity contribution in [3.05, 3.63) is 78.4 Å². The molecule has 136 valence electrons. The van der Waals surface area contributed by atoms with Gasteiger partial charge in [0.15, 0.2) is 11.5 Å². The predicted octanol–water partition coefficient (Wildman–Crippen LogP) is 5.33. The molecule has 0 aliphatic rings. The van der Waals surface area contributed by atoms with Gasteiger partial charge in [-0.15, -0.1) is 0 Å². The minimum Gasteiger partial charge on any atom is -0.493 e. The molecule has 1 aromatic heterocycles. The Kier molecular flexibility index (Phi) is 4.55. The zero-order chi connectivity index (χ0) is 18.8. The number of methoxy groups -OCH3 is 2. The van der Waals surface area contributed by atoms with Crippen molar-refractivity contribution >= 4 is 11.0 Å². The summed E-state index contributed by atoms with van der Waals surface area (Å²) < 4.78 is 13.2. The first-order chi connectivity index (χ1) is 13.2. The molecule has 4 aromatic rings. The van der Waals surface area contributed by atoms with Crippen molar-refractivity contribution in [2.75, 3.05) is 14.2 Å². The van der Waals surface area contributed by atoms with Gasteiger partial charge in [0, 0.05) is 5.56 Å². The minimum absolute atomic E-state index is 0.140. The zero-order valence-electron chi connectivity index (χ0n) is 15.7. The van der Waals surface area contributed by atoms with Crippen LogP contribution in [0, 0.1) is 0 Å². The summed E-state index contributed by atoms with van der Waals surface area (Å²) in [7, 11) is 3.29. The molecule has 1 heterocycles. The number of nitrogens with zero attached hydrogens (tertiary/aromatic N) is 2. The highest BCUT2D eigenvalue weighted by molar-refractivity contribution is 5.81. The molecule has 4 heteroatoms. The van der Waals surface area contributed by atoms with E-state index in [4.69, 9.17) is 14.5 Å². The van der Waals surface area contributed by atoms with Crippen LogP contribution in [0.3, 0.4) is 0 Å². The molecular weight excluding hydrogens is 336 g/mol. The van der Waals surface area contributed by atoms with Crippen molar-refractivity contribution in [3.8, 4) is 22.9 Å². The third-order valence-electron chi connectivity index (χ3n) is 4.91.